The second-order valence-electron chi connectivity index (χ2n) is 9.34. The van der Waals surface area contributed by atoms with Crippen molar-refractivity contribution >= 4 is 11.7 Å². The quantitative estimate of drug-likeness (QED) is 0.789. The first kappa shape index (κ1) is 16.4. The van der Waals surface area contributed by atoms with E-state index in [1.807, 2.05) is 6.08 Å². The molecular formula is C21H31NO2. The predicted octanol–water partition coefficient (Wildman–Crippen LogP) is 4.02. The number of fused-ring (bicyclic) bond motifs is 5. The second-order valence-corrected chi connectivity index (χ2v) is 9.34. The Morgan fingerprint density at radius 1 is 1.08 bits per heavy atom. The van der Waals surface area contributed by atoms with E-state index in [-0.39, 0.29) is 16.7 Å². The Labute approximate surface area is 145 Å². The normalized spacial score (nSPS) is 47.3. The Balaban J connectivity index is 1.62. The van der Waals surface area contributed by atoms with Crippen LogP contribution < -0.4 is 5.32 Å². The monoisotopic (exact) mass is 329 g/mol. The van der Waals surface area contributed by atoms with Gasteiger partial charge in [0.05, 0.1) is 0 Å². The van der Waals surface area contributed by atoms with Crippen LogP contribution in [0.3, 0.4) is 0 Å². The van der Waals surface area contributed by atoms with Gasteiger partial charge in [-0.25, -0.2) is 0 Å². The summed E-state index contributed by atoms with van der Waals surface area (Å²) in [5, 5.41) is 3.25. The summed E-state index contributed by atoms with van der Waals surface area (Å²) in [5.74, 6) is 2.71. The largest absolute Gasteiger partial charge is 0.353 e. The van der Waals surface area contributed by atoms with Crippen LogP contribution in [0, 0.1) is 28.6 Å². The van der Waals surface area contributed by atoms with Crippen LogP contribution in [0.25, 0.3) is 0 Å². The Hall–Kier alpha value is -1.12. The maximum atomic E-state index is 11.9. The molecule has 0 unspecified atom stereocenters. The lowest BCUT2D eigenvalue weighted by Crippen LogP contribution is -2.53. The van der Waals surface area contributed by atoms with Crippen LogP contribution in [0.5, 0.6) is 0 Å². The highest BCUT2D eigenvalue weighted by Crippen LogP contribution is 2.65. The van der Waals surface area contributed by atoms with E-state index in [0.717, 1.165) is 43.4 Å². The lowest BCUT2D eigenvalue weighted by Gasteiger charge is -2.58. The lowest BCUT2D eigenvalue weighted by molar-refractivity contribution is -0.121. The Morgan fingerprint density at radius 3 is 2.62 bits per heavy atom. The van der Waals surface area contributed by atoms with E-state index < -0.39 is 0 Å². The van der Waals surface area contributed by atoms with Gasteiger partial charge < -0.3 is 5.32 Å². The molecule has 0 spiro atoms. The minimum Gasteiger partial charge on any atom is -0.353 e. The van der Waals surface area contributed by atoms with Crippen LogP contribution in [-0.4, -0.2) is 17.7 Å². The van der Waals surface area contributed by atoms with Gasteiger partial charge in [-0.1, -0.05) is 19.4 Å². The molecule has 1 N–H and O–H groups in total. The number of nitrogens with one attached hydrogen (secondary N) is 1. The molecule has 0 aromatic carbocycles. The summed E-state index contributed by atoms with van der Waals surface area (Å²) in [4.78, 5) is 23.5. The number of carbonyl (C=O) groups excluding carboxylic acids is 2. The fraction of sp³-hybridized carbons (Fsp3) is 0.810. The topological polar surface area (TPSA) is 46.2 Å². The molecule has 6 atom stereocenters. The highest BCUT2D eigenvalue weighted by Gasteiger charge is 2.59. The summed E-state index contributed by atoms with van der Waals surface area (Å²) < 4.78 is 0. The van der Waals surface area contributed by atoms with Gasteiger partial charge in [0, 0.05) is 19.4 Å². The number of ketones is 1. The van der Waals surface area contributed by atoms with Crippen molar-refractivity contribution in [3.63, 3.8) is 0 Å². The van der Waals surface area contributed by atoms with Gasteiger partial charge in [-0.05, 0) is 79.6 Å². The van der Waals surface area contributed by atoms with Gasteiger partial charge in [-0.15, -0.1) is 0 Å². The van der Waals surface area contributed by atoms with Crippen LogP contribution in [0.2, 0.25) is 0 Å². The zero-order valence-electron chi connectivity index (χ0n) is 15.4. The minimum absolute atomic E-state index is 0.121. The average molecular weight is 329 g/mol. The Morgan fingerprint density at radius 2 is 1.88 bits per heavy atom. The SMILES string of the molecule is CC(=O)N[C@@H]1CC[C@@H]2[C@H]3CCC4=CC(=O)CC[C@]4(C)[C@@H]3CC[C@]21C. The van der Waals surface area contributed by atoms with Crippen molar-refractivity contribution in [3.05, 3.63) is 11.6 Å². The third kappa shape index (κ3) is 2.23. The van der Waals surface area contributed by atoms with Crippen molar-refractivity contribution in [1.29, 1.82) is 0 Å². The summed E-state index contributed by atoms with van der Waals surface area (Å²) in [6, 6.07) is 0.360. The number of rotatable bonds is 1. The van der Waals surface area contributed by atoms with Crippen molar-refractivity contribution < 1.29 is 9.59 Å². The second kappa shape index (κ2) is 5.44. The highest BCUT2D eigenvalue weighted by atomic mass is 16.1. The molecule has 0 radical (unpaired) electrons. The first-order valence-electron chi connectivity index (χ1n) is 9.85. The van der Waals surface area contributed by atoms with Crippen molar-refractivity contribution in [2.24, 2.45) is 28.6 Å². The van der Waals surface area contributed by atoms with Crippen LogP contribution in [-0.2, 0) is 9.59 Å². The standard InChI is InChI=1S/C21H31NO2/c1-13(23)22-19-7-6-17-16-5-4-14-12-15(24)8-10-20(14,2)18(16)9-11-21(17,19)3/h12,16-19H,4-11H2,1-3H3,(H,22,23)/t16-,17-,18-,19-,20+,21-/m1/s1. The molecule has 1 amide bonds. The Kier molecular flexibility index (Phi) is 3.71. The summed E-state index contributed by atoms with van der Waals surface area (Å²) in [6.45, 7) is 6.52. The minimum atomic E-state index is 0.121. The van der Waals surface area contributed by atoms with Crippen LogP contribution >= 0.6 is 0 Å². The molecule has 0 aliphatic heterocycles. The molecule has 4 rings (SSSR count). The predicted molar refractivity (Wildman–Crippen MR) is 94.3 cm³/mol. The zero-order chi connectivity index (χ0) is 17.1. The maximum Gasteiger partial charge on any atom is 0.217 e. The van der Waals surface area contributed by atoms with E-state index in [4.69, 9.17) is 0 Å². The van der Waals surface area contributed by atoms with Crippen molar-refractivity contribution in [1.82, 2.24) is 5.32 Å². The molecule has 3 heteroatoms. The van der Waals surface area contributed by atoms with Crippen LogP contribution in [0.1, 0.15) is 72.1 Å². The molecule has 4 aliphatic rings. The van der Waals surface area contributed by atoms with Gasteiger partial charge in [0.25, 0.3) is 0 Å². The van der Waals surface area contributed by atoms with Crippen molar-refractivity contribution in [3.8, 4) is 0 Å². The van der Waals surface area contributed by atoms with Crippen molar-refractivity contribution in [2.75, 3.05) is 0 Å². The molecular weight excluding hydrogens is 298 g/mol. The fourth-order valence-electron chi connectivity index (χ4n) is 7.04. The Bertz CT molecular complexity index is 609. The lowest BCUT2D eigenvalue weighted by atomic mass is 9.47. The number of carbonyl (C=O) groups is 2. The molecule has 24 heavy (non-hydrogen) atoms. The average Bonchev–Trinajstić information content (AvgIpc) is 2.84. The third-order valence-electron chi connectivity index (χ3n) is 8.34. The maximum absolute atomic E-state index is 11.9. The van der Waals surface area contributed by atoms with Crippen LogP contribution in [0.4, 0.5) is 0 Å². The third-order valence-corrected chi connectivity index (χ3v) is 8.34. The highest BCUT2D eigenvalue weighted by molar-refractivity contribution is 5.91. The number of amides is 1. The molecule has 0 saturated heterocycles. The fourth-order valence-corrected chi connectivity index (χ4v) is 7.04. The summed E-state index contributed by atoms with van der Waals surface area (Å²) in [5.41, 5.74) is 1.97. The summed E-state index contributed by atoms with van der Waals surface area (Å²) >= 11 is 0. The molecule has 0 aromatic heterocycles. The molecule has 3 fully saturated rings. The molecule has 0 heterocycles. The summed E-state index contributed by atoms with van der Waals surface area (Å²) in [7, 11) is 0. The van der Waals surface area contributed by atoms with Crippen LogP contribution in [0.15, 0.2) is 11.6 Å². The summed E-state index contributed by atoms with van der Waals surface area (Å²) in [6.07, 6.45) is 11.0. The van der Waals surface area contributed by atoms with Crippen molar-refractivity contribution in [2.45, 2.75) is 78.2 Å². The molecule has 4 aliphatic carbocycles. The van der Waals surface area contributed by atoms with Gasteiger partial charge in [0.1, 0.15) is 0 Å². The molecule has 3 saturated carbocycles. The van der Waals surface area contributed by atoms with E-state index in [2.05, 4.69) is 19.2 Å². The molecule has 3 nitrogen and oxygen atoms in total. The van der Waals surface area contributed by atoms with E-state index in [9.17, 15) is 9.59 Å². The molecule has 132 valence electrons. The van der Waals surface area contributed by atoms with Gasteiger partial charge in [-0.2, -0.15) is 0 Å². The van der Waals surface area contributed by atoms with E-state index in [1.165, 1.54) is 31.3 Å². The molecule has 0 bridgehead atoms. The first-order chi connectivity index (χ1) is 11.3. The van der Waals surface area contributed by atoms with Gasteiger partial charge in [-0.3, -0.25) is 9.59 Å². The smallest absolute Gasteiger partial charge is 0.217 e. The van der Waals surface area contributed by atoms with Gasteiger partial charge >= 0.3 is 0 Å². The first-order valence-corrected chi connectivity index (χ1v) is 9.85. The van der Waals surface area contributed by atoms with E-state index >= 15 is 0 Å². The van der Waals surface area contributed by atoms with E-state index in [1.54, 1.807) is 6.92 Å². The van der Waals surface area contributed by atoms with E-state index in [0.29, 0.717) is 11.8 Å². The van der Waals surface area contributed by atoms with Gasteiger partial charge in [0.2, 0.25) is 5.91 Å². The van der Waals surface area contributed by atoms with Gasteiger partial charge in [0.15, 0.2) is 5.78 Å². The molecule has 0 aromatic rings. The zero-order valence-corrected chi connectivity index (χ0v) is 15.4. The number of hydrogen-bond acceptors (Lipinski definition) is 2. The number of allylic oxidation sites excluding steroid dienone is 1. The number of hydrogen-bond donors (Lipinski definition) is 1.